The Balaban J connectivity index is 1.68. The summed E-state index contributed by atoms with van der Waals surface area (Å²) in [5.74, 6) is 0. The second-order valence-electron chi connectivity index (χ2n) is 7.99. The molecule has 4 nitrogen and oxygen atoms in total. The third kappa shape index (κ3) is 5.48. The number of unbranched alkanes of at least 4 members (excludes halogenated alkanes) is 1. The van der Waals surface area contributed by atoms with Crippen molar-refractivity contribution in [3.63, 3.8) is 0 Å². The zero-order valence-corrected chi connectivity index (χ0v) is 18.4. The van der Waals surface area contributed by atoms with Crippen molar-refractivity contribution >= 4 is 10.9 Å². The summed E-state index contributed by atoms with van der Waals surface area (Å²) in [5, 5.41) is 9.74. The maximum atomic E-state index is 13.0. The van der Waals surface area contributed by atoms with Crippen LogP contribution in [0.5, 0.6) is 0 Å². The molecule has 33 heavy (non-hydrogen) atoms. The molecule has 0 aliphatic rings. The summed E-state index contributed by atoms with van der Waals surface area (Å²) in [5.41, 5.74) is 4.91. The highest BCUT2D eigenvalue weighted by Gasteiger charge is 2.30. The molecule has 170 valence electrons. The van der Waals surface area contributed by atoms with Crippen molar-refractivity contribution in [2.24, 2.45) is 10.2 Å². The SMILES string of the molecule is CCCCc1ccc2[nH]c(-c3ccc(C(F)(F)F)cc3)c(CN=NCc3ccncc3)c2c1. The molecule has 0 bridgehead atoms. The van der Waals surface area contributed by atoms with Crippen LogP contribution < -0.4 is 0 Å². The second kappa shape index (κ2) is 9.98. The summed E-state index contributed by atoms with van der Waals surface area (Å²) in [6.45, 7) is 2.94. The van der Waals surface area contributed by atoms with Gasteiger partial charge in [0.2, 0.25) is 0 Å². The fourth-order valence-corrected chi connectivity index (χ4v) is 3.81. The van der Waals surface area contributed by atoms with Gasteiger partial charge in [0.15, 0.2) is 0 Å². The highest BCUT2D eigenvalue weighted by molar-refractivity contribution is 5.91. The van der Waals surface area contributed by atoms with Gasteiger partial charge < -0.3 is 4.98 Å². The van der Waals surface area contributed by atoms with Gasteiger partial charge in [-0.2, -0.15) is 23.4 Å². The fourth-order valence-electron chi connectivity index (χ4n) is 3.81. The number of H-pyrrole nitrogens is 1. The Labute approximate surface area is 190 Å². The van der Waals surface area contributed by atoms with E-state index in [0.29, 0.717) is 18.7 Å². The zero-order valence-electron chi connectivity index (χ0n) is 18.4. The molecule has 0 spiro atoms. The Morgan fingerprint density at radius 1 is 0.879 bits per heavy atom. The number of hydrogen-bond acceptors (Lipinski definition) is 3. The molecule has 0 saturated heterocycles. The summed E-state index contributed by atoms with van der Waals surface area (Å²) in [6.07, 6.45) is 2.25. The highest BCUT2D eigenvalue weighted by Crippen LogP contribution is 2.35. The lowest BCUT2D eigenvalue weighted by Crippen LogP contribution is -2.04. The van der Waals surface area contributed by atoms with Crippen LogP contribution in [0.3, 0.4) is 0 Å². The number of alkyl halides is 3. The smallest absolute Gasteiger partial charge is 0.354 e. The zero-order chi connectivity index (χ0) is 23.3. The van der Waals surface area contributed by atoms with E-state index in [1.54, 1.807) is 12.4 Å². The van der Waals surface area contributed by atoms with Crippen LogP contribution in [0.15, 0.2) is 77.2 Å². The number of aromatic nitrogens is 2. The van der Waals surface area contributed by atoms with Crippen LogP contribution in [0.25, 0.3) is 22.2 Å². The molecule has 0 fully saturated rings. The van der Waals surface area contributed by atoms with E-state index in [-0.39, 0.29) is 0 Å². The molecule has 0 aliphatic carbocycles. The van der Waals surface area contributed by atoms with E-state index in [2.05, 4.69) is 39.3 Å². The third-order valence-corrected chi connectivity index (χ3v) is 5.62. The van der Waals surface area contributed by atoms with Crippen LogP contribution in [-0.4, -0.2) is 9.97 Å². The molecule has 2 heterocycles. The number of nitrogens with zero attached hydrogens (tertiary/aromatic N) is 3. The second-order valence-corrected chi connectivity index (χ2v) is 7.99. The lowest BCUT2D eigenvalue weighted by atomic mass is 10.0. The summed E-state index contributed by atoms with van der Waals surface area (Å²) < 4.78 is 39.1. The van der Waals surface area contributed by atoms with E-state index in [4.69, 9.17) is 0 Å². The van der Waals surface area contributed by atoms with E-state index in [9.17, 15) is 13.2 Å². The Morgan fingerprint density at radius 2 is 1.61 bits per heavy atom. The molecular weight excluding hydrogens is 425 g/mol. The molecule has 0 saturated carbocycles. The minimum absolute atomic E-state index is 0.332. The number of benzene rings is 2. The number of azo groups is 1. The van der Waals surface area contributed by atoms with Crippen molar-refractivity contribution in [2.75, 3.05) is 0 Å². The average Bonchev–Trinajstić information content (AvgIpc) is 3.18. The molecule has 0 radical (unpaired) electrons. The first-order valence-corrected chi connectivity index (χ1v) is 11.0. The molecular formula is C26H25F3N4. The number of nitrogens with one attached hydrogen (secondary N) is 1. The summed E-state index contributed by atoms with van der Waals surface area (Å²) in [4.78, 5) is 7.39. The van der Waals surface area contributed by atoms with Crippen molar-refractivity contribution < 1.29 is 13.2 Å². The van der Waals surface area contributed by atoms with Gasteiger partial charge in [-0.25, -0.2) is 0 Å². The van der Waals surface area contributed by atoms with E-state index in [1.165, 1.54) is 17.7 Å². The monoisotopic (exact) mass is 450 g/mol. The maximum Gasteiger partial charge on any atom is 0.416 e. The number of aryl methyl sites for hydroxylation is 1. The Bertz CT molecular complexity index is 1230. The summed E-state index contributed by atoms with van der Waals surface area (Å²) in [6, 6.07) is 15.3. The van der Waals surface area contributed by atoms with Crippen LogP contribution >= 0.6 is 0 Å². The Kier molecular flexibility index (Phi) is 6.87. The molecule has 0 amide bonds. The van der Waals surface area contributed by atoms with E-state index < -0.39 is 11.7 Å². The fraction of sp³-hybridized carbons (Fsp3) is 0.269. The minimum Gasteiger partial charge on any atom is -0.354 e. The third-order valence-electron chi connectivity index (χ3n) is 5.62. The van der Waals surface area contributed by atoms with Crippen molar-refractivity contribution in [1.82, 2.24) is 9.97 Å². The Hall–Kier alpha value is -3.48. The number of fused-ring (bicyclic) bond motifs is 1. The average molecular weight is 451 g/mol. The van der Waals surface area contributed by atoms with Gasteiger partial charge in [-0.3, -0.25) is 4.98 Å². The van der Waals surface area contributed by atoms with Gasteiger partial charge in [0.1, 0.15) is 0 Å². The molecule has 2 aromatic heterocycles. The number of pyridine rings is 1. The highest BCUT2D eigenvalue weighted by atomic mass is 19.4. The predicted octanol–water partition coefficient (Wildman–Crippen LogP) is 7.74. The van der Waals surface area contributed by atoms with Crippen LogP contribution in [-0.2, 0) is 25.7 Å². The van der Waals surface area contributed by atoms with Crippen molar-refractivity contribution in [1.29, 1.82) is 0 Å². The summed E-state index contributed by atoms with van der Waals surface area (Å²) in [7, 11) is 0. The maximum absolute atomic E-state index is 13.0. The lowest BCUT2D eigenvalue weighted by Gasteiger charge is -2.08. The first-order chi connectivity index (χ1) is 16.0. The topological polar surface area (TPSA) is 53.4 Å². The van der Waals surface area contributed by atoms with E-state index in [1.807, 2.05) is 18.2 Å². The number of halogens is 3. The van der Waals surface area contributed by atoms with Crippen LogP contribution in [0.1, 0.15) is 42.0 Å². The van der Waals surface area contributed by atoms with Crippen LogP contribution in [0, 0.1) is 0 Å². The van der Waals surface area contributed by atoms with Crippen molar-refractivity contribution in [3.05, 3.63) is 89.2 Å². The van der Waals surface area contributed by atoms with E-state index in [0.717, 1.165) is 59.1 Å². The van der Waals surface area contributed by atoms with Gasteiger partial charge in [0, 0.05) is 28.9 Å². The van der Waals surface area contributed by atoms with Crippen molar-refractivity contribution in [3.8, 4) is 11.3 Å². The standard InChI is InChI=1S/C26H25F3N4/c1-2-3-4-18-5-10-24-22(15-18)23(17-32-31-16-19-11-13-30-14-12-19)25(33-24)20-6-8-21(9-7-20)26(27,28)29/h5-15,33H,2-4,16-17H2,1H3. The number of rotatable bonds is 8. The van der Waals surface area contributed by atoms with Gasteiger partial charge in [0.25, 0.3) is 0 Å². The van der Waals surface area contributed by atoms with Crippen LogP contribution in [0.4, 0.5) is 13.2 Å². The summed E-state index contributed by atoms with van der Waals surface area (Å²) >= 11 is 0. The largest absolute Gasteiger partial charge is 0.416 e. The first kappa shape index (κ1) is 22.7. The van der Waals surface area contributed by atoms with Crippen LogP contribution in [0.2, 0.25) is 0 Å². The van der Waals surface area contributed by atoms with Gasteiger partial charge in [-0.05, 0) is 65.9 Å². The normalized spacial score (nSPS) is 12.1. The first-order valence-electron chi connectivity index (χ1n) is 11.0. The number of aromatic amines is 1. The van der Waals surface area contributed by atoms with E-state index >= 15 is 0 Å². The van der Waals surface area contributed by atoms with Gasteiger partial charge >= 0.3 is 6.18 Å². The number of hydrogen-bond donors (Lipinski definition) is 1. The van der Waals surface area contributed by atoms with Gasteiger partial charge in [-0.1, -0.05) is 31.5 Å². The molecule has 0 atom stereocenters. The quantitative estimate of drug-likeness (QED) is 0.274. The molecule has 2 aromatic carbocycles. The molecule has 0 unspecified atom stereocenters. The lowest BCUT2D eigenvalue weighted by molar-refractivity contribution is -0.137. The molecule has 1 N–H and O–H groups in total. The predicted molar refractivity (Wildman–Crippen MR) is 124 cm³/mol. The molecule has 0 aliphatic heterocycles. The van der Waals surface area contributed by atoms with Gasteiger partial charge in [-0.15, -0.1) is 0 Å². The molecule has 7 heteroatoms. The molecule has 4 aromatic rings. The minimum atomic E-state index is -4.36. The van der Waals surface area contributed by atoms with Crippen molar-refractivity contribution in [2.45, 2.75) is 45.5 Å². The Morgan fingerprint density at radius 3 is 2.30 bits per heavy atom. The van der Waals surface area contributed by atoms with Gasteiger partial charge in [0.05, 0.1) is 24.3 Å². The molecule has 4 rings (SSSR count).